The molecule has 112 valence electrons. The molecule has 0 bridgehead atoms. The number of halogens is 2. The van der Waals surface area contributed by atoms with Crippen LogP contribution in [-0.2, 0) is 0 Å². The molecule has 1 heterocycles. The minimum atomic E-state index is -2.67. The Morgan fingerprint density at radius 3 is 2.33 bits per heavy atom. The summed E-state index contributed by atoms with van der Waals surface area (Å²) in [6.07, 6.45) is -2.67. The quantitative estimate of drug-likeness (QED) is 0.918. The standard InChI is InChI=1S/C14H15F2N3O2/c1-17-14-18-9(7-10(19-14)13(15)16)8-4-5-11(20-2)12(6-8)21-3/h4-7,13H,1-3H3,(H,17,18,19). The molecule has 0 unspecified atom stereocenters. The van der Waals surface area contributed by atoms with Gasteiger partial charge < -0.3 is 14.8 Å². The Balaban J connectivity index is 2.52. The van der Waals surface area contributed by atoms with Crippen LogP contribution in [0.4, 0.5) is 14.7 Å². The second-order valence-electron chi connectivity index (χ2n) is 4.12. The fraction of sp³-hybridized carbons (Fsp3) is 0.286. The van der Waals surface area contributed by atoms with E-state index in [1.807, 2.05) is 0 Å². The number of rotatable bonds is 5. The summed E-state index contributed by atoms with van der Waals surface area (Å²) in [5.74, 6) is 1.19. The fourth-order valence-electron chi connectivity index (χ4n) is 1.83. The minimum Gasteiger partial charge on any atom is -0.493 e. The number of ether oxygens (including phenoxy) is 2. The number of aromatic nitrogens is 2. The van der Waals surface area contributed by atoms with Gasteiger partial charge in [-0.15, -0.1) is 0 Å². The van der Waals surface area contributed by atoms with Crippen molar-refractivity contribution in [2.75, 3.05) is 26.6 Å². The van der Waals surface area contributed by atoms with Gasteiger partial charge in [-0.05, 0) is 24.3 Å². The van der Waals surface area contributed by atoms with Crippen LogP contribution in [0.25, 0.3) is 11.3 Å². The van der Waals surface area contributed by atoms with Crippen molar-refractivity contribution in [3.8, 4) is 22.8 Å². The van der Waals surface area contributed by atoms with Gasteiger partial charge in [0.1, 0.15) is 5.69 Å². The summed E-state index contributed by atoms with van der Waals surface area (Å²) in [5, 5.41) is 2.67. The summed E-state index contributed by atoms with van der Waals surface area (Å²) >= 11 is 0. The molecule has 0 spiro atoms. The number of benzene rings is 1. The third kappa shape index (κ3) is 3.18. The second-order valence-corrected chi connectivity index (χ2v) is 4.12. The fourth-order valence-corrected chi connectivity index (χ4v) is 1.83. The first-order valence-corrected chi connectivity index (χ1v) is 6.16. The number of anilines is 1. The van der Waals surface area contributed by atoms with Crippen LogP contribution in [0.5, 0.6) is 11.5 Å². The van der Waals surface area contributed by atoms with Crippen molar-refractivity contribution in [2.45, 2.75) is 6.43 Å². The van der Waals surface area contributed by atoms with Gasteiger partial charge in [-0.25, -0.2) is 18.7 Å². The van der Waals surface area contributed by atoms with Gasteiger partial charge in [-0.2, -0.15) is 0 Å². The largest absolute Gasteiger partial charge is 0.493 e. The van der Waals surface area contributed by atoms with Crippen molar-refractivity contribution in [3.05, 3.63) is 30.0 Å². The molecule has 1 N–H and O–H groups in total. The Morgan fingerprint density at radius 1 is 1.05 bits per heavy atom. The molecule has 0 aliphatic carbocycles. The number of hydrogen-bond donors (Lipinski definition) is 1. The molecule has 21 heavy (non-hydrogen) atoms. The van der Waals surface area contributed by atoms with Crippen LogP contribution in [0, 0.1) is 0 Å². The molecule has 0 saturated carbocycles. The number of nitrogens with one attached hydrogen (secondary N) is 1. The van der Waals surface area contributed by atoms with Crippen LogP contribution in [-0.4, -0.2) is 31.2 Å². The van der Waals surface area contributed by atoms with Gasteiger partial charge in [0.25, 0.3) is 6.43 Å². The molecule has 0 aliphatic heterocycles. The topological polar surface area (TPSA) is 56.3 Å². The summed E-state index contributed by atoms with van der Waals surface area (Å²) in [5.41, 5.74) is 0.679. The predicted molar refractivity (Wildman–Crippen MR) is 75.1 cm³/mol. The molecule has 0 amide bonds. The third-order valence-corrected chi connectivity index (χ3v) is 2.87. The van der Waals surface area contributed by atoms with Crippen LogP contribution in [0.15, 0.2) is 24.3 Å². The Hall–Kier alpha value is -2.44. The zero-order valence-corrected chi connectivity index (χ0v) is 11.9. The molecule has 2 aromatic rings. The average molecular weight is 295 g/mol. The SMILES string of the molecule is CNc1nc(-c2ccc(OC)c(OC)c2)cc(C(F)F)n1. The van der Waals surface area contributed by atoms with E-state index >= 15 is 0 Å². The summed E-state index contributed by atoms with van der Waals surface area (Å²) in [6.45, 7) is 0. The van der Waals surface area contributed by atoms with Crippen LogP contribution in [0.2, 0.25) is 0 Å². The maximum absolute atomic E-state index is 12.9. The van der Waals surface area contributed by atoms with Gasteiger partial charge in [0.05, 0.1) is 19.9 Å². The minimum absolute atomic E-state index is 0.137. The average Bonchev–Trinajstić information content (AvgIpc) is 2.53. The zero-order valence-electron chi connectivity index (χ0n) is 11.9. The Labute approximate surface area is 120 Å². The highest BCUT2D eigenvalue weighted by molar-refractivity contribution is 5.65. The van der Waals surface area contributed by atoms with E-state index in [0.29, 0.717) is 22.8 Å². The Kier molecular flexibility index (Phi) is 4.52. The number of hydrogen-bond acceptors (Lipinski definition) is 5. The van der Waals surface area contributed by atoms with E-state index in [-0.39, 0.29) is 11.6 Å². The second kappa shape index (κ2) is 6.34. The maximum atomic E-state index is 12.9. The van der Waals surface area contributed by atoms with Gasteiger partial charge in [0.15, 0.2) is 11.5 Å². The molecular formula is C14H15F2N3O2. The first-order chi connectivity index (χ1) is 10.1. The lowest BCUT2D eigenvalue weighted by Gasteiger charge is -2.11. The highest BCUT2D eigenvalue weighted by Crippen LogP contribution is 2.32. The van der Waals surface area contributed by atoms with E-state index in [1.165, 1.54) is 20.3 Å². The molecule has 7 heteroatoms. The Bertz CT molecular complexity index is 636. The molecule has 5 nitrogen and oxygen atoms in total. The summed E-state index contributed by atoms with van der Waals surface area (Å²) in [4.78, 5) is 7.91. The lowest BCUT2D eigenvalue weighted by molar-refractivity contribution is 0.146. The molecular weight excluding hydrogens is 280 g/mol. The number of methoxy groups -OCH3 is 2. The summed E-state index contributed by atoms with van der Waals surface area (Å²) in [7, 11) is 4.60. The van der Waals surface area contributed by atoms with Crippen molar-refractivity contribution >= 4 is 5.95 Å². The van der Waals surface area contributed by atoms with E-state index in [1.54, 1.807) is 25.2 Å². The van der Waals surface area contributed by atoms with Crippen molar-refractivity contribution in [1.29, 1.82) is 0 Å². The molecule has 1 aromatic carbocycles. The molecule has 0 fully saturated rings. The highest BCUT2D eigenvalue weighted by Gasteiger charge is 2.15. The van der Waals surface area contributed by atoms with Crippen molar-refractivity contribution in [2.24, 2.45) is 0 Å². The van der Waals surface area contributed by atoms with Crippen LogP contribution in [0.3, 0.4) is 0 Å². The summed E-state index contributed by atoms with van der Waals surface area (Å²) < 4.78 is 36.1. The molecule has 0 atom stereocenters. The zero-order chi connectivity index (χ0) is 15.4. The van der Waals surface area contributed by atoms with Crippen molar-refractivity contribution in [3.63, 3.8) is 0 Å². The third-order valence-electron chi connectivity index (χ3n) is 2.87. The normalized spacial score (nSPS) is 10.6. The monoisotopic (exact) mass is 295 g/mol. The molecule has 0 aliphatic rings. The smallest absolute Gasteiger partial charge is 0.280 e. The van der Waals surface area contributed by atoms with Crippen molar-refractivity contribution < 1.29 is 18.3 Å². The van der Waals surface area contributed by atoms with E-state index in [0.717, 1.165) is 0 Å². The highest BCUT2D eigenvalue weighted by atomic mass is 19.3. The van der Waals surface area contributed by atoms with Gasteiger partial charge in [0.2, 0.25) is 5.95 Å². The molecule has 0 saturated heterocycles. The maximum Gasteiger partial charge on any atom is 0.280 e. The van der Waals surface area contributed by atoms with Crippen molar-refractivity contribution in [1.82, 2.24) is 9.97 Å². The molecule has 0 radical (unpaired) electrons. The first kappa shape index (κ1) is 15.0. The lowest BCUT2D eigenvalue weighted by atomic mass is 10.1. The van der Waals surface area contributed by atoms with E-state index in [9.17, 15) is 8.78 Å². The van der Waals surface area contributed by atoms with Gasteiger partial charge in [-0.1, -0.05) is 0 Å². The van der Waals surface area contributed by atoms with E-state index in [4.69, 9.17) is 9.47 Å². The van der Waals surface area contributed by atoms with Gasteiger partial charge >= 0.3 is 0 Å². The van der Waals surface area contributed by atoms with Gasteiger partial charge in [-0.3, -0.25) is 0 Å². The van der Waals surface area contributed by atoms with E-state index < -0.39 is 6.43 Å². The molecule has 2 rings (SSSR count). The van der Waals surface area contributed by atoms with Crippen LogP contribution < -0.4 is 14.8 Å². The van der Waals surface area contributed by atoms with E-state index in [2.05, 4.69) is 15.3 Å². The van der Waals surface area contributed by atoms with Crippen LogP contribution >= 0.6 is 0 Å². The predicted octanol–water partition coefficient (Wildman–Crippen LogP) is 3.14. The number of alkyl halides is 2. The lowest BCUT2D eigenvalue weighted by Crippen LogP contribution is -2.02. The Morgan fingerprint density at radius 2 is 1.76 bits per heavy atom. The molecule has 1 aromatic heterocycles. The number of nitrogens with zero attached hydrogens (tertiary/aromatic N) is 2. The van der Waals surface area contributed by atoms with Crippen LogP contribution in [0.1, 0.15) is 12.1 Å². The first-order valence-electron chi connectivity index (χ1n) is 6.16. The van der Waals surface area contributed by atoms with Gasteiger partial charge in [0, 0.05) is 12.6 Å². The summed E-state index contributed by atoms with van der Waals surface area (Å²) in [6, 6.07) is 6.35.